The van der Waals surface area contributed by atoms with Crippen molar-refractivity contribution in [3.05, 3.63) is 22.4 Å². The molecule has 2 aliphatic heterocycles. The van der Waals surface area contributed by atoms with E-state index < -0.39 is 0 Å². The molecule has 2 aliphatic rings. The topological polar surface area (TPSA) is 55.8 Å². The first-order valence-electron chi connectivity index (χ1n) is 8.30. The number of likely N-dealkylation sites (tertiary alicyclic amines) is 1. The average molecular weight is 337 g/mol. The van der Waals surface area contributed by atoms with Gasteiger partial charge in [-0.2, -0.15) is 0 Å². The highest BCUT2D eigenvalue weighted by Crippen LogP contribution is 2.20. The Hall–Kier alpha value is -1.24. The summed E-state index contributed by atoms with van der Waals surface area (Å²) in [6.45, 7) is 2.94. The predicted octanol–water partition coefficient (Wildman–Crippen LogP) is 2.51. The number of nitrogens with zero attached hydrogens (tertiary/aromatic N) is 1. The number of amides is 1. The lowest BCUT2D eigenvalue weighted by molar-refractivity contribution is -0.134. The van der Waals surface area contributed by atoms with Gasteiger partial charge in [0.1, 0.15) is 0 Å². The summed E-state index contributed by atoms with van der Waals surface area (Å²) in [6.07, 6.45) is 3.80. The van der Waals surface area contributed by atoms with Crippen molar-refractivity contribution in [2.24, 2.45) is 0 Å². The Labute approximate surface area is 140 Å². The van der Waals surface area contributed by atoms with E-state index in [1.54, 1.807) is 0 Å². The van der Waals surface area contributed by atoms with E-state index in [-0.39, 0.29) is 23.9 Å². The van der Waals surface area contributed by atoms with Crippen LogP contribution >= 0.6 is 11.3 Å². The molecule has 0 bridgehead atoms. The standard InChI is InChI=1S/C17H23NO4S/c19-15(16-2-1-11-23-16)3-4-17(20)18-8-5-13(6-9-18)22-14-7-10-21-12-14/h1-2,11,13-14H,3-10,12H2. The lowest BCUT2D eigenvalue weighted by atomic mass is 10.1. The fourth-order valence-corrected chi connectivity index (χ4v) is 3.77. The fraction of sp³-hybridized carbons (Fsp3) is 0.647. The molecular weight excluding hydrogens is 314 g/mol. The first-order valence-corrected chi connectivity index (χ1v) is 9.18. The molecule has 3 heterocycles. The molecule has 6 heteroatoms. The Morgan fingerprint density at radius 2 is 2.04 bits per heavy atom. The Morgan fingerprint density at radius 3 is 2.70 bits per heavy atom. The number of piperidine rings is 1. The third kappa shape index (κ3) is 4.62. The zero-order chi connectivity index (χ0) is 16.1. The monoisotopic (exact) mass is 337 g/mol. The zero-order valence-corrected chi connectivity index (χ0v) is 14.1. The summed E-state index contributed by atoms with van der Waals surface area (Å²) < 4.78 is 11.3. The summed E-state index contributed by atoms with van der Waals surface area (Å²) >= 11 is 1.43. The number of rotatable bonds is 6. The number of ketones is 1. The van der Waals surface area contributed by atoms with Crippen LogP contribution in [0.1, 0.15) is 41.8 Å². The second-order valence-electron chi connectivity index (χ2n) is 6.10. The number of carbonyl (C=O) groups is 2. The summed E-state index contributed by atoms with van der Waals surface area (Å²) in [6, 6.07) is 3.67. The highest BCUT2D eigenvalue weighted by Gasteiger charge is 2.27. The maximum absolute atomic E-state index is 12.2. The van der Waals surface area contributed by atoms with E-state index in [0.717, 1.165) is 43.8 Å². The number of carbonyl (C=O) groups excluding carboxylic acids is 2. The number of thiophene rings is 1. The molecule has 1 aromatic heterocycles. The molecule has 0 saturated carbocycles. The van der Waals surface area contributed by atoms with Gasteiger partial charge in [-0.25, -0.2) is 0 Å². The van der Waals surface area contributed by atoms with E-state index in [1.165, 1.54) is 11.3 Å². The van der Waals surface area contributed by atoms with Gasteiger partial charge >= 0.3 is 0 Å². The van der Waals surface area contributed by atoms with E-state index in [2.05, 4.69) is 0 Å². The zero-order valence-electron chi connectivity index (χ0n) is 13.2. The molecule has 2 saturated heterocycles. The molecule has 23 heavy (non-hydrogen) atoms. The molecule has 3 rings (SSSR count). The van der Waals surface area contributed by atoms with E-state index in [4.69, 9.17) is 9.47 Å². The van der Waals surface area contributed by atoms with Gasteiger partial charge in [-0.3, -0.25) is 9.59 Å². The summed E-state index contributed by atoms with van der Waals surface area (Å²) in [5.41, 5.74) is 0. The van der Waals surface area contributed by atoms with Gasteiger partial charge in [-0.1, -0.05) is 6.07 Å². The Balaban J connectivity index is 1.37. The van der Waals surface area contributed by atoms with Crippen molar-refractivity contribution in [3.8, 4) is 0 Å². The normalized spacial score (nSPS) is 22.4. The largest absolute Gasteiger partial charge is 0.379 e. The van der Waals surface area contributed by atoms with Crippen molar-refractivity contribution >= 4 is 23.0 Å². The summed E-state index contributed by atoms with van der Waals surface area (Å²) in [5.74, 6) is 0.144. The van der Waals surface area contributed by atoms with Crippen molar-refractivity contribution in [1.82, 2.24) is 4.90 Å². The van der Waals surface area contributed by atoms with Crippen LogP contribution in [0.4, 0.5) is 0 Å². The van der Waals surface area contributed by atoms with Crippen molar-refractivity contribution < 1.29 is 19.1 Å². The Morgan fingerprint density at radius 1 is 1.22 bits per heavy atom. The fourth-order valence-electron chi connectivity index (χ4n) is 3.07. The maximum atomic E-state index is 12.2. The van der Waals surface area contributed by atoms with Crippen LogP contribution in [0.25, 0.3) is 0 Å². The molecule has 0 aromatic carbocycles. The highest BCUT2D eigenvalue weighted by molar-refractivity contribution is 7.12. The maximum Gasteiger partial charge on any atom is 0.223 e. The van der Waals surface area contributed by atoms with Gasteiger partial charge in [0.15, 0.2) is 5.78 Å². The third-order valence-corrected chi connectivity index (χ3v) is 5.34. The molecule has 0 aliphatic carbocycles. The van der Waals surface area contributed by atoms with Crippen LogP contribution in [-0.2, 0) is 14.3 Å². The van der Waals surface area contributed by atoms with Gasteiger partial charge in [-0.05, 0) is 30.7 Å². The minimum atomic E-state index is 0.0628. The molecule has 2 fully saturated rings. The Bertz CT molecular complexity index is 517. The molecule has 1 unspecified atom stereocenters. The number of hydrogen-bond donors (Lipinski definition) is 0. The second-order valence-corrected chi connectivity index (χ2v) is 7.05. The SMILES string of the molecule is O=C(CCC(=O)N1CCC(OC2CCOC2)CC1)c1cccs1. The van der Waals surface area contributed by atoms with Crippen LogP contribution < -0.4 is 0 Å². The van der Waals surface area contributed by atoms with Gasteiger partial charge in [-0.15, -0.1) is 11.3 Å². The number of Topliss-reactive ketones (excluding diaryl/α,β-unsaturated/α-hetero) is 1. The third-order valence-electron chi connectivity index (χ3n) is 4.43. The molecule has 5 nitrogen and oxygen atoms in total. The average Bonchev–Trinajstić information content (AvgIpc) is 3.26. The lowest BCUT2D eigenvalue weighted by Crippen LogP contribution is -2.42. The predicted molar refractivity (Wildman–Crippen MR) is 87.8 cm³/mol. The summed E-state index contributed by atoms with van der Waals surface area (Å²) in [5, 5.41) is 1.88. The number of hydrogen-bond acceptors (Lipinski definition) is 5. The van der Waals surface area contributed by atoms with Crippen molar-refractivity contribution in [2.75, 3.05) is 26.3 Å². The lowest BCUT2D eigenvalue weighted by Gasteiger charge is -2.33. The molecule has 0 N–H and O–H groups in total. The molecule has 0 radical (unpaired) electrons. The molecule has 1 aromatic rings. The van der Waals surface area contributed by atoms with Crippen LogP contribution in [-0.4, -0.2) is 55.1 Å². The molecular formula is C17H23NO4S. The van der Waals surface area contributed by atoms with Crippen molar-refractivity contribution in [3.63, 3.8) is 0 Å². The molecule has 1 amide bonds. The van der Waals surface area contributed by atoms with E-state index in [0.29, 0.717) is 19.4 Å². The van der Waals surface area contributed by atoms with Gasteiger partial charge in [0.2, 0.25) is 5.91 Å². The van der Waals surface area contributed by atoms with E-state index >= 15 is 0 Å². The Kier molecular flexibility index (Phi) is 5.80. The highest BCUT2D eigenvalue weighted by atomic mass is 32.1. The molecule has 0 spiro atoms. The summed E-state index contributed by atoms with van der Waals surface area (Å²) in [4.78, 5) is 26.8. The smallest absolute Gasteiger partial charge is 0.223 e. The quantitative estimate of drug-likeness (QED) is 0.749. The first-order chi connectivity index (χ1) is 11.2. The second kappa shape index (κ2) is 8.04. The van der Waals surface area contributed by atoms with Crippen molar-refractivity contribution in [2.45, 2.75) is 44.3 Å². The van der Waals surface area contributed by atoms with Gasteiger partial charge < -0.3 is 14.4 Å². The number of ether oxygens (including phenoxy) is 2. The van der Waals surface area contributed by atoms with E-state index in [9.17, 15) is 9.59 Å². The first kappa shape index (κ1) is 16.6. The van der Waals surface area contributed by atoms with Crippen LogP contribution in [0, 0.1) is 0 Å². The molecule has 126 valence electrons. The summed E-state index contributed by atoms with van der Waals surface area (Å²) in [7, 11) is 0. The van der Waals surface area contributed by atoms with Crippen LogP contribution in [0.15, 0.2) is 17.5 Å². The van der Waals surface area contributed by atoms with Gasteiger partial charge in [0.05, 0.1) is 23.7 Å². The minimum Gasteiger partial charge on any atom is -0.379 e. The minimum absolute atomic E-state index is 0.0628. The van der Waals surface area contributed by atoms with Crippen LogP contribution in [0.3, 0.4) is 0 Å². The van der Waals surface area contributed by atoms with Crippen molar-refractivity contribution in [1.29, 1.82) is 0 Å². The van der Waals surface area contributed by atoms with Gasteiger partial charge in [0, 0.05) is 32.5 Å². The molecule has 1 atom stereocenters. The van der Waals surface area contributed by atoms with Gasteiger partial charge in [0.25, 0.3) is 0 Å². The van der Waals surface area contributed by atoms with Crippen LogP contribution in [0.2, 0.25) is 0 Å². The van der Waals surface area contributed by atoms with Crippen LogP contribution in [0.5, 0.6) is 0 Å². The van der Waals surface area contributed by atoms with E-state index in [1.807, 2.05) is 22.4 Å².